The number of likely N-dealkylation sites (tertiary alicyclic amines) is 1. The second-order valence-electron chi connectivity index (χ2n) is 9.86. The molecular formula is C25H32N4O5. The normalized spacial score (nSPS) is 28.9. The van der Waals surface area contributed by atoms with E-state index in [2.05, 4.69) is 10.6 Å². The van der Waals surface area contributed by atoms with Crippen LogP contribution >= 0.6 is 0 Å². The number of nitrogens with zero attached hydrogens (tertiary/aromatic N) is 2. The van der Waals surface area contributed by atoms with Gasteiger partial charge in [0.25, 0.3) is 0 Å². The van der Waals surface area contributed by atoms with Crippen LogP contribution in [0.1, 0.15) is 44.1 Å². The molecule has 34 heavy (non-hydrogen) atoms. The molecule has 4 amide bonds. The van der Waals surface area contributed by atoms with Gasteiger partial charge in [0.05, 0.1) is 19.6 Å². The highest BCUT2D eigenvalue weighted by molar-refractivity contribution is 5.97. The first kappa shape index (κ1) is 22.7. The van der Waals surface area contributed by atoms with Crippen LogP contribution in [-0.2, 0) is 25.6 Å². The molecule has 3 saturated heterocycles. The molecule has 4 aliphatic rings. The van der Waals surface area contributed by atoms with E-state index in [9.17, 15) is 19.2 Å². The van der Waals surface area contributed by atoms with E-state index < -0.39 is 12.1 Å². The third-order valence-corrected chi connectivity index (χ3v) is 7.76. The second-order valence-corrected chi connectivity index (χ2v) is 9.86. The first-order valence-electron chi connectivity index (χ1n) is 12.3. The van der Waals surface area contributed by atoms with E-state index in [1.54, 1.807) is 16.9 Å². The van der Waals surface area contributed by atoms with Crippen LogP contribution < -0.4 is 15.4 Å². The molecule has 9 heteroatoms. The maximum absolute atomic E-state index is 13.6. The summed E-state index contributed by atoms with van der Waals surface area (Å²) in [6, 6.07) is 5.41. The summed E-state index contributed by atoms with van der Waals surface area (Å²) in [5.74, 6) is 0.119. The van der Waals surface area contributed by atoms with Crippen molar-refractivity contribution in [2.45, 2.75) is 69.1 Å². The summed E-state index contributed by atoms with van der Waals surface area (Å²) < 4.78 is 5.32. The Morgan fingerprint density at radius 3 is 2.68 bits per heavy atom. The van der Waals surface area contributed by atoms with Crippen molar-refractivity contribution in [3.05, 3.63) is 29.8 Å². The Bertz CT molecular complexity index is 991. The van der Waals surface area contributed by atoms with Gasteiger partial charge in [-0.2, -0.15) is 0 Å². The van der Waals surface area contributed by atoms with Crippen molar-refractivity contribution < 1.29 is 23.9 Å². The molecule has 0 radical (unpaired) electrons. The Hall–Kier alpha value is -3.10. The van der Waals surface area contributed by atoms with Crippen molar-refractivity contribution in [3.63, 3.8) is 0 Å². The Kier molecular flexibility index (Phi) is 6.18. The zero-order valence-electron chi connectivity index (χ0n) is 19.5. The molecule has 1 saturated carbocycles. The number of hydrogen-bond acceptors (Lipinski definition) is 5. The van der Waals surface area contributed by atoms with Gasteiger partial charge in [0, 0.05) is 30.6 Å². The zero-order valence-corrected chi connectivity index (χ0v) is 19.5. The molecule has 3 heterocycles. The average molecular weight is 469 g/mol. The Morgan fingerprint density at radius 1 is 1.15 bits per heavy atom. The van der Waals surface area contributed by atoms with E-state index in [0.717, 1.165) is 31.2 Å². The Balaban J connectivity index is 1.27. The summed E-state index contributed by atoms with van der Waals surface area (Å²) in [6.07, 6.45) is 4.96. The lowest BCUT2D eigenvalue weighted by Crippen LogP contribution is -2.53. The maximum atomic E-state index is 13.6. The monoisotopic (exact) mass is 468 g/mol. The van der Waals surface area contributed by atoms with Crippen LogP contribution in [-0.4, -0.2) is 77.8 Å². The van der Waals surface area contributed by atoms with Crippen LogP contribution in [0.15, 0.2) is 24.3 Å². The maximum Gasteiger partial charge on any atom is 0.248 e. The number of amides is 4. The number of carbonyl (C=O) groups excluding carboxylic acids is 4. The predicted molar refractivity (Wildman–Crippen MR) is 123 cm³/mol. The second kappa shape index (κ2) is 9.27. The summed E-state index contributed by atoms with van der Waals surface area (Å²) in [4.78, 5) is 55.7. The molecule has 9 nitrogen and oxygen atoms in total. The highest BCUT2D eigenvalue weighted by Gasteiger charge is 2.53. The zero-order chi connectivity index (χ0) is 23.8. The topological polar surface area (TPSA) is 108 Å². The number of ether oxygens (including phenoxy) is 1. The van der Waals surface area contributed by atoms with Gasteiger partial charge in [-0.25, -0.2) is 0 Å². The third-order valence-electron chi connectivity index (χ3n) is 7.76. The summed E-state index contributed by atoms with van der Waals surface area (Å²) in [6.45, 7) is 0.761. The van der Waals surface area contributed by atoms with Gasteiger partial charge in [-0.05, 0) is 31.7 Å². The van der Waals surface area contributed by atoms with Crippen LogP contribution in [0, 0.1) is 5.92 Å². The van der Waals surface area contributed by atoms with E-state index in [0.29, 0.717) is 25.1 Å². The first-order valence-corrected chi connectivity index (χ1v) is 12.3. The van der Waals surface area contributed by atoms with E-state index in [4.69, 9.17) is 4.74 Å². The lowest BCUT2D eigenvalue weighted by atomic mass is 10.0. The minimum absolute atomic E-state index is 0.0121. The van der Waals surface area contributed by atoms with E-state index in [1.807, 2.05) is 24.3 Å². The first-order chi connectivity index (χ1) is 16.5. The fourth-order valence-corrected chi connectivity index (χ4v) is 6.09. The molecule has 5 rings (SSSR count). The summed E-state index contributed by atoms with van der Waals surface area (Å²) in [5, 5.41) is 6.01. The quantitative estimate of drug-likeness (QED) is 0.659. The molecule has 3 aliphatic heterocycles. The van der Waals surface area contributed by atoms with E-state index in [-0.39, 0.29) is 54.6 Å². The van der Waals surface area contributed by atoms with Crippen molar-refractivity contribution >= 4 is 23.6 Å². The lowest BCUT2D eigenvalue weighted by Gasteiger charge is -2.30. The van der Waals surface area contributed by atoms with Crippen molar-refractivity contribution in [2.24, 2.45) is 5.92 Å². The summed E-state index contributed by atoms with van der Waals surface area (Å²) in [7, 11) is 1.57. The number of nitrogens with one attached hydrogen (secondary N) is 2. The minimum Gasteiger partial charge on any atom is -0.496 e. The number of methoxy groups -OCH3 is 1. The van der Waals surface area contributed by atoms with Gasteiger partial charge in [0.15, 0.2) is 0 Å². The number of para-hydroxylation sites is 1. The lowest BCUT2D eigenvalue weighted by molar-refractivity contribution is -0.146. The predicted octanol–water partition coefficient (Wildman–Crippen LogP) is 0.613. The van der Waals surface area contributed by atoms with Crippen LogP contribution in [0.2, 0.25) is 0 Å². The molecule has 0 unspecified atom stereocenters. The smallest absolute Gasteiger partial charge is 0.248 e. The van der Waals surface area contributed by atoms with Crippen molar-refractivity contribution in [3.8, 4) is 5.75 Å². The van der Waals surface area contributed by atoms with Crippen molar-refractivity contribution in [1.29, 1.82) is 0 Å². The molecule has 1 aliphatic carbocycles. The average Bonchev–Trinajstić information content (AvgIpc) is 3.57. The number of carbonyl (C=O) groups is 4. The highest BCUT2D eigenvalue weighted by Crippen LogP contribution is 2.33. The van der Waals surface area contributed by atoms with Crippen molar-refractivity contribution in [1.82, 2.24) is 20.4 Å². The van der Waals surface area contributed by atoms with Gasteiger partial charge < -0.3 is 25.2 Å². The van der Waals surface area contributed by atoms with Crippen LogP contribution in [0.25, 0.3) is 0 Å². The molecule has 0 bridgehead atoms. The molecular weight excluding hydrogens is 436 g/mol. The number of fused-ring (bicyclic) bond motifs is 2. The Morgan fingerprint density at radius 2 is 1.91 bits per heavy atom. The van der Waals surface area contributed by atoms with E-state index >= 15 is 0 Å². The molecule has 0 aromatic heterocycles. The molecule has 182 valence electrons. The van der Waals surface area contributed by atoms with Crippen molar-refractivity contribution in [2.75, 3.05) is 20.2 Å². The molecule has 4 atom stereocenters. The standard InChI is InChI=1S/C25H32N4O5/c1-34-20-9-5-4-8-16(20)12-21(30)26-17-13-19-23(31)27-18-10-11-28(22(18)25(33)29(19)14-17)24(32)15-6-2-3-7-15/h4-5,8-9,15,17-19,22H,2-3,6-7,10-14H2,1H3,(H,26,30)(H,27,31)/t17-,18-,19+,22-/m0/s1. The SMILES string of the molecule is COc1ccccc1CC(=O)N[C@H]1C[C@@H]2C(=O)N[C@H]3CCN(C(=O)C4CCCC4)[C@@H]3C(=O)N2C1. The van der Waals surface area contributed by atoms with Gasteiger partial charge in [0.1, 0.15) is 17.8 Å². The van der Waals surface area contributed by atoms with Crippen LogP contribution in [0.4, 0.5) is 0 Å². The van der Waals surface area contributed by atoms with Gasteiger partial charge in [0.2, 0.25) is 23.6 Å². The van der Waals surface area contributed by atoms with Gasteiger partial charge in [-0.3, -0.25) is 19.2 Å². The fraction of sp³-hybridized carbons (Fsp3) is 0.600. The summed E-state index contributed by atoms with van der Waals surface area (Å²) >= 11 is 0. The molecule has 4 fully saturated rings. The van der Waals surface area contributed by atoms with Gasteiger partial charge in [-0.1, -0.05) is 31.0 Å². The number of rotatable bonds is 5. The number of benzene rings is 1. The third kappa shape index (κ3) is 4.12. The summed E-state index contributed by atoms with van der Waals surface area (Å²) in [5.41, 5.74) is 0.777. The van der Waals surface area contributed by atoms with Gasteiger partial charge in [-0.15, -0.1) is 0 Å². The fourth-order valence-electron chi connectivity index (χ4n) is 6.09. The van der Waals surface area contributed by atoms with E-state index in [1.165, 1.54) is 0 Å². The number of hydrogen-bond donors (Lipinski definition) is 2. The Labute approximate surface area is 199 Å². The largest absolute Gasteiger partial charge is 0.496 e. The molecule has 1 aromatic rings. The highest BCUT2D eigenvalue weighted by atomic mass is 16.5. The molecule has 0 spiro atoms. The molecule has 1 aromatic carbocycles. The van der Waals surface area contributed by atoms with Crippen LogP contribution in [0.3, 0.4) is 0 Å². The van der Waals surface area contributed by atoms with Crippen LogP contribution in [0.5, 0.6) is 5.75 Å². The minimum atomic E-state index is -0.648. The molecule has 2 N–H and O–H groups in total. The van der Waals surface area contributed by atoms with Gasteiger partial charge >= 0.3 is 0 Å².